The zero-order valence-corrected chi connectivity index (χ0v) is 13.8. The van der Waals surface area contributed by atoms with Crippen molar-refractivity contribution in [2.24, 2.45) is 0 Å². The molecule has 0 aliphatic carbocycles. The molecule has 0 aromatic rings. The first-order chi connectivity index (χ1) is 9.63. The lowest BCUT2D eigenvalue weighted by Gasteiger charge is -2.36. The maximum atomic E-state index is 12.7. The topological polar surface area (TPSA) is 74.8 Å². The van der Waals surface area contributed by atoms with E-state index in [1.165, 1.54) is 6.26 Å². The molecule has 2 saturated heterocycles. The Kier molecular flexibility index (Phi) is 4.33. The molecule has 2 heterocycles. The maximum Gasteiger partial charge on any atom is 0.245 e. The van der Waals surface area contributed by atoms with Gasteiger partial charge >= 0.3 is 0 Å². The summed E-state index contributed by atoms with van der Waals surface area (Å²) in [6.07, 6.45) is 4.02. The molecule has 120 valence electrons. The lowest BCUT2D eigenvalue weighted by atomic mass is 10.0. The average Bonchev–Trinajstić information content (AvgIpc) is 2.50. The number of sulfone groups is 1. The van der Waals surface area contributed by atoms with Gasteiger partial charge in [0.15, 0.2) is 9.84 Å². The van der Waals surface area contributed by atoms with Crippen molar-refractivity contribution < 1.29 is 18.0 Å². The highest BCUT2D eigenvalue weighted by Crippen LogP contribution is 2.25. The van der Waals surface area contributed by atoms with Crippen molar-refractivity contribution in [3.63, 3.8) is 0 Å². The van der Waals surface area contributed by atoms with E-state index in [1.807, 2.05) is 0 Å². The first kappa shape index (κ1) is 16.3. The van der Waals surface area contributed by atoms with Crippen molar-refractivity contribution in [3.05, 3.63) is 0 Å². The van der Waals surface area contributed by atoms with Crippen LogP contribution in [-0.4, -0.2) is 66.7 Å². The Labute approximate surface area is 126 Å². The molecule has 0 bridgehead atoms. The summed E-state index contributed by atoms with van der Waals surface area (Å²) >= 11 is 0. The van der Waals surface area contributed by atoms with Crippen LogP contribution in [0.15, 0.2) is 0 Å². The standard InChI is InChI=1S/C14H24N2O4S/c1-14(2,21(3,19)20)10-15-9-7-12(17)16-8-5-4-6-11(16)13(15)18/h11H,4-10H2,1-3H3. The summed E-state index contributed by atoms with van der Waals surface area (Å²) < 4.78 is 22.7. The van der Waals surface area contributed by atoms with Crippen LogP contribution in [0.4, 0.5) is 0 Å². The number of carbonyl (C=O) groups is 2. The Morgan fingerprint density at radius 3 is 2.48 bits per heavy atom. The fraction of sp³-hybridized carbons (Fsp3) is 0.857. The van der Waals surface area contributed by atoms with Crippen LogP contribution in [-0.2, 0) is 19.4 Å². The van der Waals surface area contributed by atoms with Gasteiger partial charge in [0.1, 0.15) is 6.04 Å². The number of carbonyl (C=O) groups excluding carboxylic acids is 2. The molecule has 6 nitrogen and oxygen atoms in total. The lowest BCUT2D eigenvalue weighted by molar-refractivity contribution is -0.143. The zero-order valence-electron chi connectivity index (χ0n) is 13.0. The predicted molar refractivity (Wildman–Crippen MR) is 79.5 cm³/mol. The fourth-order valence-electron chi connectivity index (χ4n) is 2.92. The third-order valence-electron chi connectivity index (χ3n) is 4.59. The second-order valence-corrected chi connectivity index (χ2v) is 9.29. The van der Waals surface area contributed by atoms with Gasteiger partial charge in [0, 0.05) is 32.3 Å². The van der Waals surface area contributed by atoms with E-state index in [0.717, 1.165) is 12.8 Å². The minimum Gasteiger partial charge on any atom is -0.339 e. The van der Waals surface area contributed by atoms with Crippen LogP contribution in [0.2, 0.25) is 0 Å². The Bertz CT molecular complexity index is 541. The second kappa shape index (κ2) is 5.59. The highest BCUT2D eigenvalue weighted by molar-refractivity contribution is 7.92. The highest BCUT2D eigenvalue weighted by atomic mass is 32.2. The third-order valence-corrected chi connectivity index (χ3v) is 6.73. The molecule has 2 amide bonds. The van der Waals surface area contributed by atoms with Gasteiger partial charge in [0.05, 0.1) is 4.75 Å². The molecule has 2 rings (SSSR count). The first-order valence-electron chi connectivity index (χ1n) is 7.41. The van der Waals surface area contributed by atoms with Gasteiger partial charge in [-0.05, 0) is 33.1 Å². The van der Waals surface area contributed by atoms with Gasteiger partial charge in [-0.3, -0.25) is 9.59 Å². The molecule has 2 fully saturated rings. The van der Waals surface area contributed by atoms with Gasteiger partial charge in [-0.1, -0.05) is 0 Å². The number of hydrogen-bond donors (Lipinski definition) is 0. The molecule has 0 radical (unpaired) electrons. The van der Waals surface area contributed by atoms with Gasteiger partial charge in [0.25, 0.3) is 0 Å². The quantitative estimate of drug-likeness (QED) is 0.756. The number of piperidine rings is 1. The van der Waals surface area contributed by atoms with Crippen LogP contribution < -0.4 is 0 Å². The van der Waals surface area contributed by atoms with Crippen LogP contribution in [0.3, 0.4) is 0 Å². The van der Waals surface area contributed by atoms with Crippen molar-refractivity contribution in [1.29, 1.82) is 0 Å². The van der Waals surface area contributed by atoms with E-state index in [4.69, 9.17) is 0 Å². The number of hydrogen-bond acceptors (Lipinski definition) is 4. The summed E-state index contributed by atoms with van der Waals surface area (Å²) in [5.41, 5.74) is 0. The lowest BCUT2D eigenvalue weighted by Crippen LogP contribution is -2.53. The third kappa shape index (κ3) is 3.22. The van der Waals surface area contributed by atoms with Crippen molar-refractivity contribution in [3.8, 4) is 0 Å². The van der Waals surface area contributed by atoms with Gasteiger partial charge in [-0.2, -0.15) is 0 Å². The molecular weight excluding hydrogens is 292 g/mol. The van der Waals surface area contributed by atoms with Gasteiger partial charge in [-0.25, -0.2) is 8.42 Å². The summed E-state index contributed by atoms with van der Waals surface area (Å²) in [5.74, 6) is -0.0926. The summed E-state index contributed by atoms with van der Waals surface area (Å²) in [5, 5.41) is 0. The number of nitrogens with zero attached hydrogens (tertiary/aromatic N) is 2. The molecule has 21 heavy (non-hydrogen) atoms. The molecule has 0 saturated carbocycles. The highest BCUT2D eigenvalue weighted by Gasteiger charge is 2.41. The van der Waals surface area contributed by atoms with E-state index in [2.05, 4.69) is 0 Å². The Balaban J connectivity index is 2.21. The minimum atomic E-state index is -3.27. The van der Waals surface area contributed by atoms with Crippen molar-refractivity contribution >= 4 is 21.7 Å². The maximum absolute atomic E-state index is 12.7. The normalized spacial score (nSPS) is 24.8. The number of amides is 2. The second-order valence-electron chi connectivity index (χ2n) is 6.64. The monoisotopic (exact) mass is 316 g/mol. The molecule has 1 atom stereocenters. The summed E-state index contributed by atoms with van der Waals surface area (Å²) in [4.78, 5) is 28.0. The zero-order chi connectivity index (χ0) is 15.8. The van der Waals surface area contributed by atoms with Crippen LogP contribution >= 0.6 is 0 Å². The van der Waals surface area contributed by atoms with Gasteiger partial charge in [-0.15, -0.1) is 0 Å². The van der Waals surface area contributed by atoms with E-state index < -0.39 is 20.6 Å². The summed E-state index contributed by atoms with van der Waals surface area (Å²) in [6.45, 7) is 4.34. The van der Waals surface area contributed by atoms with E-state index in [9.17, 15) is 18.0 Å². The van der Waals surface area contributed by atoms with Gasteiger partial charge in [0.2, 0.25) is 11.8 Å². The fourth-order valence-corrected chi connectivity index (χ4v) is 3.31. The van der Waals surface area contributed by atoms with Crippen LogP contribution in [0.5, 0.6) is 0 Å². The van der Waals surface area contributed by atoms with Gasteiger partial charge < -0.3 is 9.80 Å². The number of fused-ring (bicyclic) bond motifs is 1. The van der Waals surface area contributed by atoms with E-state index in [-0.39, 0.29) is 24.8 Å². The summed E-state index contributed by atoms with van der Waals surface area (Å²) in [6, 6.07) is -0.399. The smallest absolute Gasteiger partial charge is 0.245 e. The molecule has 2 aliphatic heterocycles. The van der Waals surface area contributed by atoms with E-state index in [0.29, 0.717) is 19.5 Å². The molecule has 0 aromatic heterocycles. The molecular formula is C14H24N2O4S. The molecule has 1 unspecified atom stereocenters. The van der Waals surface area contributed by atoms with Crippen LogP contribution in [0, 0.1) is 0 Å². The van der Waals surface area contributed by atoms with Crippen LogP contribution in [0.25, 0.3) is 0 Å². The van der Waals surface area contributed by atoms with Crippen molar-refractivity contribution in [1.82, 2.24) is 9.80 Å². The van der Waals surface area contributed by atoms with Crippen molar-refractivity contribution in [2.75, 3.05) is 25.9 Å². The van der Waals surface area contributed by atoms with E-state index in [1.54, 1.807) is 23.6 Å². The molecule has 7 heteroatoms. The first-order valence-corrected chi connectivity index (χ1v) is 9.30. The average molecular weight is 316 g/mol. The van der Waals surface area contributed by atoms with Crippen molar-refractivity contribution in [2.45, 2.75) is 50.3 Å². The van der Waals surface area contributed by atoms with Crippen LogP contribution in [0.1, 0.15) is 39.5 Å². The molecule has 0 spiro atoms. The molecule has 0 N–H and O–H groups in total. The molecule has 2 aliphatic rings. The SMILES string of the molecule is CC(C)(CN1CCC(=O)N2CCCCC2C1=O)S(C)(=O)=O. The Hall–Kier alpha value is -1.11. The number of rotatable bonds is 3. The largest absolute Gasteiger partial charge is 0.339 e. The van der Waals surface area contributed by atoms with E-state index >= 15 is 0 Å². The minimum absolute atomic E-state index is 0.00714. The molecule has 0 aromatic carbocycles. The predicted octanol–water partition coefficient (Wildman–Crippen LogP) is 0.423. The Morgan fingerprint density at radius 1 is 1.19 bits per heavy atom. The Morgan fingerprint density at radius 2 is 1.86 bits per heavy atom. The summed E-state index contributed by atoms with van der Waals surface area (Å²) in [7, 11) is -3.27.